The molecule has 0 unspecified atom stereocenters. The van der Waals surface area contributed by atoms with Gasteiger partial charge in [-0.25, -0.2) is 4.79 Å². The minimum atomic E-state index is -1.11. The molecule has 0 spiro atoms. The predicted octanol–water partition coefficient (Wildman–Crippen LogP) is 2.24. The smallest absolute Gasteiger partial charge is 0.329 e. The van der Waals surface area contributed by atoms with E-state index in [0.29, 0.717) is 18.0 Å². The molecule has 0 aliphatic heterocycles. The summed E-state index contributed by atoms with van der Waals surface area (Å²) >= 11 is 1.28. The molecule has 0 saturated heterocycles. The lowest BCUT2D eigenvalue weighted by molar-refractivity contribution is -0.148. The number of rotatable bonds is 6. The van der Waals surface area contributed by atoms with Crippen LogP contribution in [0.15, 0.2) is 11.5 Å². The van der Waals surface area contributed by atoms with E-state index < -0.39 is 11.5 Å². The first-order chi connectivity index (χ1) is 10.9. The van der Waals surface area contributed by atoms with E-state index in [0.717, 1.165) is 25.7 Å². The maximum absolute atomic E-state index is 12.3. The Morgan fingerprint density at radius 2 is 2.00 bits per heavy atom. The zero-order chi connectivity index (χ0) is 16.9. The number of aliphatic carboxylic acids is 1. The van der Waals surface area contributed by atoms with Gasteiger partial charge in [0.25, 0.3) is 0 Å². The average molecular weight is 340 g/mol. The van der Waals surface area contributed by atoms with Crippen molar-refractivity contribution in [1.29, 1.82) is 0 Å². The summed E-state index contributed by atoms with van der Waals surface area (Å²) in [5.74, 6) is -1.05. The van der Waals surface area contributed by atoms with Gasteiger partial charge in [0, 0.05) is 6.04 Å². The fraction of sp³-hybridized carbons (Fsp3) is 0.733. The number of carboxylic acids is 1. The summed E-state index contributed by atoms with van der Waals surface area (Å²) in [7, 11) is 0. The predicted molar refractivity (Wildman–Crippen MR) is 87.3 cm³/mol. The average Bonchev–Trinajstić information content (AvgIpc) is 2.84. The van der Waals surface area contributed by atoms with Gasteiger partial charge in [-0.05, 0) is 26.7 Å². The van der Waals surface area contributed by atoms with E-state index in [-0.39, 0.29) is 17.7 Å². The Morgan fingerprint density at radius 1 is 1.35 bits per heavy atom. The molecule has 8 heteroatoms. The van der Waals surface area contributed by atoms with Crippen LogP contribution in [-0.2, 0) is 9.59 Å². The molecule has 23 heavy (non-hydrogen) atoms. The first-order valence-electron chi connectivity index (χ1n) is 8.01. The fourth-order valence-corrected chi connectivity index (χ4v) is 3.69. The van der Waals surface area contributed by atoms with Gasteiger partial charge in [-0.15, -0.1) is 10.2 Å². The number of amides is 1. The second-order valence-corrected chi connectivity index (χ2v) is 7.20. The fourth-order valence-electron chi connectivity index (χ4n) is 2.85. The molecule has 1 aliphatic carbocycles. The molecule has 128 valence electrons. The van der Waals surface area contributed by atoms with Crippen LogP contribution >= 0.6 is 11.8 Å². The SMILES string of the molecule is CC(C)n1cnnc1SCC(=O)NC1(C(=O)O)CCCCCC1. The van der Waals surface area contributed by atoms with E-state index >= 15 is 0 Å². The molecule has 2 rings (SSSR count). The highest BCUT2D eigenvalue weighted by molar-refractivity contribution is 7.99. The van der Waals surface area contributed by atoms with Crippen molar-refractivity contribution in [2.45, 2.75) is 69.1 Å². The first-order valence-corrected chi connectivity index (χ1v) is 9.00. The first kappa shape index (κ1) is 17.8. The summed E-state index contributed by atoms with van der Waals surface area (Å²) in [5, 5.41) is 20.9. The Kier molecular flexibility index (Phi) is 6.04. The van der Waals surface area contributed by atoms with Crippen LogP contribution in [0.3, 0.4) is 0 Å². The van der Waals surface area contributed by atoms with Gasteiger partial charge in [-0.1, -0.05) is 37.4 Å². The number of aromatic nitrogens is 3. The van der Waals surface area contributed by atoms with Gasteiger partial charge in [0.2, 0.25) is 5.91 Å². The van der Waals surface area contributed by atoms with Crippen LogP contribution in [0.2, 0.25) is 0 Å². The standard InChI is InChI=1S/C15H24N4O3S/c1-11(2)19-10-16-18-14(19)23-9-12(20)17-15(13(21)22)7-5-3-4-6-8-15/h10-11H,3-9H2,1-2H3,(H,17,20)(H,21,22). The maximum atomic E-state index is 12.3. The van der Waals surface area contributed by atoms with Crippen molar-refractivity contribution < 1.29 is 14.7 Å². The van der Waals surface area contributed by atoms with E-state index in [9.17, 15) is 14.7 Å². The molecule has 0 atom stereocenters. The number of carboxylic acid groups (broad SMARTS) is 1. The maximum Gasteiger partial charge on any atom is 0.329 e. The second-order valence-electron chi connectivity index (χ2n) is 6.25. The molecule has 1 aromatic rings. The van der Waals surface area contributed by atoms with Gasteiger partial charge in [-0.3, -0.25) is 4.79 Å². The van der Waals surface area contributed by atoms with Crippen LogP contribution in [0.4, 0.5) is 0 Å². The van der Waals surface area contributed by atoms with E-state index in [1.807, 2.05) is 18.4 Å². The topological polar surface area (TPSA) is 97.1 Å². The summed E-state index contributed by atoms with van der Waals surface area (Å²) in [6, 6.07) is 0.211. The molecule has 1 fully saturated rings. The molecule has 1 heterocycles. The van der Waals surface area contributed by atoms with Crippen LogP contribution < -0.4 is 5.32 Å². The highest BCUT2D eigenvalue weighted by Crippen LogP contribution is 2.28. The number of thioether (sulfide) groups is 1. The van der Waals surface area contributed by atoms with E-state index in [1.165, 1.54) is 11.8 Å². The molecular weight excluding hydrogens is 316 g/mol. The lowest BCUT2D eigenvalue weighted by Crippen LogP contribution is -2.54. The van der Waals surface area contributed by atoms with Gasteiger partial charge < -0.3 is 15.0 Å². The van der Waals surface area contributed by atoms with Crippen molar-refractivity contribution in [3.05, 3.63) is 6.33 Å². The van der Waals surface area contributed by atoms with Crippen LogP contribution in [0.1, 0.15) is 58.4 Å². The third kappa shape index (κ3) is 4.46. The quantitative estimate of drug-likeness (QED) is 0.609. The molecular formula is C15H24N4O3S. The van der Waals surface area contributed by atoms with Crippen LogP contribution in [0.25, 0.3) is 0 Å². The summed E-state index contributed by atoms with van der Waals surface area (Å²) in [4.78, 5) is 23.9. The molecule has 0 bridgehead atoms. The summed E-state index contributed by atoms with van der Waals surface area (Å²) < 4.78 is 1.89. The number of hydrogen-bond donors (Lipinski definition) is 2. The molecule has 1 aromatic heterocycles. The van der Waals surface area contributed by atoms with Crippen molar-refractivity contribution in [3.63, 3.8) is 0 Å². The van der Waals surface area contributed by atoms with Crippen molar-refractivity contribution in [3.8, 4) is 0 Å². The Bertz CT molecular complexity index is 551. The van der Waals surface area contributed by atoms with Crippen molar-refractivity contribution >= 4 is 23.6 Å². The Hall–Kier alpha value is -1.57. The third-order valence-electron chi connectivity index (χ3n) is 4.17. The second kappa shape index (κ2) is 7.81. The van der Waals surface area contributed by atoms with E-state index in [2.05, 4.69) is 15.5 Å². The van der Waals surface area contributed by atoms with E-state index in [4.69, 9.17) is 0 Å². The van der Waals surface area contributed by atoms with Gasteiger partial charge >= 0.3 is 5.97 Å². The molecule has 0 radical (unpaired) electrons. The van der Waals surface area contributed by atoms with Gasteiger partial charge in [0.15, 0.2) is 5.16 Å². The molecule has 7 nitrogen and oxygen atoms in total. The van der Waals surface area contributed by atoms with Gasteiger partial charge in [0.05, 0.1) is 5.75 Å². The molecule has 1 amide bonds. The number of carbonyl (C=O) groups is 2. The number of carbonyl (C=O) groups excluding carboxylic acids is 1. The summed E-state index contributed by atoms with van der Waals surface area (Å²) in [5.41, 5.74) is -1.11. The lowest BCUT2D eigenvalue weighted by atomic mass is 9.90. The largest absolute Gasteiger partial charge is 0.480 e. The van der Waals surface area contributed by atoms with E-state index in [1.54, 1.807) is 6.33 Å². The minimum absolute atomic E-state index is 0.139. The molecule has 1 saturated carbocycles. The van der Waals surface area contributed by atoms with Gasteiger partial charge in [0.1, 0.15) is 11.9 Å². The Balaban J connectivity index is 1.97. The zero-order valence-corrected chi connectivity index (χ0v) is 14.4. The third-order valence-corrected chi connectivity index (χ3v) is 5.13. The van der Waals surface area contributed by atoms with Crippen LogP contribution in [-0.4, -0.2) is 43.0 Å². The Labute approximate surface area is 140 Å². The highest BCUT2D eigenvalue weighted by atomic mass is 32.2. The van der Waals surface area contributed by atoms with Crippen LogP contribution in [0.5, 0.6) is 0 Å². The summed E-state index contributed by atoms with van der Waals surface area (Å²) in [6.07, 6.45) is 6.36. The number of nitrogens with zero attached hydrogens (tertiary/aromatic N) is 3. The highest BCUT2D eigenvalue weighted by Gasteiger charge is 2.39. The minimum Gasteiger partial charge on any atom is -0.480 e. The van der Waals surface area contributed by atoms with Crippen LogP contribution in [0, 0.1) is 0 Å². The van der Waals surface area contributed by atoms with Crippen molar-refractivity contribution in [2.24, 2.45) is 0 Å². The number of nitrogens with one attached hydrogen (secondary N) is 1. The molecule has 1 aliphatic rings. The Morgan fingerprint density at radius 3 is 2.57 bits per heavy atom. The molecule has 0 aromatic carbocycles. The molecule has 2 N–H and O–H groups in total. The zero-order valence-electron chi connectivity index (χ0n) is 13.6. The van der Waals surface area contributed by atoms with Crippen molar-refractivity contribution in [2.75, 3.05) is 5.75 Å². The van der Waals surface area contributed by atoms with Crippen molar-refractivity contribution in [1.82, 2.24) is 20.1 Å². The normalized spacial score (nSPS) is 17.7. The monoisotopic (exact) mass is 340 g/mol. The number of hydrogen-bond acceptors (Lipinski definition) is 5. The summed E-state index contributed by atoms with van der Waals surface area (Å²) in [6.45, 7) is 4.02. The lowest BCUT2D eigenvalue weighted by Gasteiger charge is -2.29. The van der Waals surface area contributed by atoms with Gasteiger partial charge in [-0.2, -0.15) is 0 Å².